The summed E-state index contributed by atoms with van der Waals surface area (Å²) in [5.74, 6) is -0.249. The fraction of sp³-hybridized carbons (Fsp3) is 0.600. The quantitative estimate of drug-likeness (QED) is 0.667. The number of hydrogen-bond donors (Lipinski definition) is 1. The first-order valence-corrected chi connectivity index (χ1v) is 7.18. The molecular formula is C15H22N2O4. The Balaban J connectivity index is 1.91. The predicted molar refractivity (Wildman–Crippen MR) is 80.3 cm³/mol. The lowest BCUT2D eigenvalue weighted by Crippen LogP contribution is -2.45. The highest BCUT2D eigenvalue weighted by molar-refractivity contribution is 5.60. The number of nitrogens with one attached hydrogen (secondary N) is 1. The number of para-hydroxylation sites is 2. The number of nitro groups is 1. The van der Waals surface area contributed by atoms with Gasteiger partial charge >= 0.3 is 0 Å². The van der Waals surface area contributed by atoms with Gasteiger partial charge in [0, 0.05) is 18.5 Å². The predicted octanol–water partition coefficient (Wildman–Crippen LogP) is 3.18. The molecule has 21 heavy (non-hydrogen) atoms. The lowest BCUT2D eigenvalue weighted by atomic mass is 10.0. The Hall–Kier alpha value is -1.66. The van der Waals surface area contributed by atoms with Crippen molar-refractivity contribution in [2.75, 3.05) is 18.5 Å². The van der Waals surface area contributed by atoms with Gasteiger partial charge in [0.05, 0.1) is 17.6 Å². The lowest BCUT2D eigenvalue weighted by molar-refractivity contribution is -0.384. The number of anilines is 1. The third-order valence-corrected chi connectivity index (χ3v) is 3.61. The summed E-state index contributed by atoms with van der Waals surface area (Å²) in [7, 11) is 0. The molecule has 0 radical (unpaired) electrons. The van der Waals surface area contributed by atoms with Crippen molar-refractivity contribution in [2.24, 2.45) is 5.92 Å². The number of nitro benzene ring substituents is 1. The van der Waals surface area contributed by atoms with E-state index in [0.29, 0.717) is 24.8 Å². The van der Waals surface area contributed by atoms with Crippen molar-refractivity contribution in [1.29, 1.82) is 0 Å². The van der Waals surface area contributed by atoms with Crippen LogP contribution >= 0.6 is 0 Å². The minimum atomic E-state index is -0.560. The zero-order chi connectivity index (χ0) is 15.5. The average Bonchev–Trinajstić information content (AvgIpc) is 2.43. The maximum atomic E-state index is 10.9. The smallest absolute Gasteiger partial charge is 0.292 e. The second-order valence-electron chi connectivity index (χ2n) is 5.83. The van der Waals surface area contributed by atoms with Gasteiger partial charge in [-0.1, -0.05) is 19.1 Å². The Morgan fingerprint density at radius 2 is 2.14 bits per heavy atom. The van der Waals surface area contributed by atoms with Gasteiger partial charge in [-0.2, -0.15) is 0 Å². The van der Waals surface area contributed by atoms with E-state index in [2.05, 4.69) is 12.2 Å². The first-order valence-electron chi connectivity index (χ1n) is 7.18. The molecule has 0 bridgehead atoms. The third-order valence-electron chi connectivity index (χ3n) is 3.61. The van der Waals surface area contributed by atoms with Crippen molar-refractivity contribution in [3.8, 4) is 0 Å². The van der Waals surface area contributed by atoms with Crippen molar-refractivity contribution in [2.45, 2.75) is 39.1 Å². The van der Waals surface area contributed by atoms with Crippen molar-refractivity contribution >= 4 is 11.4 Å². The molecule has 6 heteroatoms. The van der Waals surface area contributed by atoms with Crippen LogP contribution in [-0.4, -0.2) is 30.0 Å². The molecule has 116 valence electrons. The number of ether oxygens (including phenoxy) is 2. The summed E-state index contributed by atoms with van der Waals surface area (Å²) in [5, 5.41) is 14.1. The normalized spacial score (nSPS) is 24.5. The lowest BCUT2D eigenvalue weighted by Gasteiger charge is -2.40. The van der Waals surface area contributed by atoms with E-state index in [1.807, 2.05) is 13.8 Å². The molecule has 1 saturated heterocycles. The second kappa shape index (κ2) is 6.41. The van der Waals surface area contributed by atoms with Gasteiger partial charge in [0.25, 0.3) is 5.69 Å². The van der Waals surface area contributed by atoms with Crippen molar-refractivity contribution in [3.05, 3.63) is 34.4 Å². The summed E-state index contributed by atoms with van der Waals surface area (Å²) >= 11 is 0. The molecule has 2 rings (SSSR count). The van der Waals surface area contributed by atoms with E-state index in [4.69, 9.17) is 9.47 Å². The number of benzene rings is 1. The molecule has 1 aromatic carbocycles. The monoisotopic (exact) mass is 294 g/mol. The van der Waals surface area contributed by atoms with E-state index >= 15 is 0 Å². The van der Waals surface area contributed by atoms with Gasteiger partial charge in [0.15, 0.2) is 5.79 Å². The number of nitrogens with zero attached hydrogens (tertiary/aromatic N) is 1. The molecule has 0 aliphatic carbocycles. The Labute approximate surface area is 124 Å². The zero-order valence-corrected chi connectivity index (χ0v) is 12.7. The molecule has 1 aliphatic heterocycles. The molecular weight excluding hydrogens is 272 g/mol. The van der Waals surface area contributed by atoms with Crippen molar-refractivity contribution in [1.82, 2.24) is 0 Å². The Kier molecular flexibility index (Phi) is 4.80. The zero-order valence-electron chi connectivity index (χ0n) is 12.7. The fourth-order valence-corrected chi connectivity index (χ4v) is 2.43. The molecule has 0 unspecified atom stereocenters. The van der Waals surface area contributed by atoms with E-state index in [0.717, 1.165) is 6.42 Å². The SMILES string of the molecule is C[C@@H]1COC(C)(C)O[C@@H]1CCNc1ccccc1[N+](=O)[O-]. The van der Waals surface area contributed by atoms with Gasteiger partial charge in [-0.15, -0.1) is 0 Å². The Morgan fingerprint density at radius 3 is 2.86 bits per heavy atom. The third kappa shape index (κ3) is 4.15. The van der Waals surface area contributed by atoms with E-state index < -0.39 is 5.79 Å². The summed E-state index contributed by atoms with van der Waals surface area (Å²) < 4.78 is 11.5. The van der Waals surface area contributed by atoms with Crippen LogP contribution in [0, 0.1) is 16.0 Å². The highest BCUT2D eigenvalue weighted by Gasteiger charge is 2.33. The topological polar surface area (TPSA) is 73.6 Å². The van der Waals surface area contributed by atoms with Crippen LogP contribution in [0.3, 0.4) is 0 Å². The highest BCUT2D eigenvalue weighted by atomic mass is 16.7. The van der Waals surface area contributed by atoms with Gasteiger partial charge in [0.1, 0.15) is 5.69 Å². The van der Waals surface area contributed by atoms with E-state index in [9.17, 15) is 10.1 Å². The number of rotatable bonds is 5. The van der Waals surface area contributed by atoms with Gasteiger partial charge in [0.2, 0.25) is 0 Å². The fourth-order valence-electron chi connectivity index (χ4n) is 2.43. The first kappa shape index (κ1) is 15.7. The molecule has 0 saturated carbocycles. The Morgan fingerprint density at radius 1 is 1.43 bits per heavy atom. The second-order valence-corrected chi connectivity index (χ2v) is 5.83. The molecule has 6 nitrogen and oxygen atoms in total. The molecule has 0 amide bonds. The van der Waals surface area contributed by atoms with E-state index in [1.165, 1.54) is 6.07 Å². The van der Waals surface area contributed by atoms with Crippen molar-refractivity contribution in [3.63, 3.8) is 0 Å². The van der Waals surface area contributed by atoms with E-state index in [1.54, 1.807) is 18.2 Å². The minimum absolute atomic E-state index is 0.0871. The summed E-state index contributed by atoms with van der Waals surface area (Å²) in [6.07, 6.45) is 0.865. The first-order chi connectivity index (χ1) is 9.89. The minimum Gasteiger partial charge on any atom is -0.379 e. The van der Waals surface area contributed by atoms with Gasteiger partial charge in [-0.05, 0) is 26.3 Å². The van der Waals surface area contributed by atoms with Gasteiger partial charge in [-0.3, -0.25) is 10.1 Å². The molecule has 1 N–H and O–H groups in total. The Bertz CT molecular complexity index is 504. The van der Waals surface area contributed by atoms with Crippen LogP contribution in [0.1, 0.15) is 27.2 Å². The van der Waals surface area contributed by atoms with E-state index in [-0.39, 0.29) is 16.7 Å². The summed E-state index contributed by atoms with van der Waals surface area (Å²) in [6, 6.07) is 6.66. The molecule has 1 heterocycles. The van der Waals surface area contributed by atoms with Crippen LogP contribution in [0.25, 0.3) is 0 Å². The van der Waals surface area contributed by atoms with Crippen LogP contribution < -0.4 is 5.32 Å². The molecule has 0 spiro atoms. The molecule has 2 atom stereocenters. The molecule has 0 aromatic heterocycles. The maximum Gasteiger partial charge on any atom is 0.292 e. The maximum absolute atomic E-state index is 10.9. The van der Waals surface area contributed by atoms with Gasteiger partial charge in [-0.25, -0.2) is 0 Å². The standard InChI is InChI=1S/C15H22N2O4/c1-11-10-20-15(2,3)21-14(11)8-9-16-12-6-4-5-7-13(12)17(18)19/h4-7,11,14,16H,8-10H2,1-3H3/t11-,14-/m1/s1. The molecule has 1 aromatic rings. The highest BCUT2D eigenvalue weighted by Crippen LogP contribution is 2.28. The molecule has 1 aliphatic rings. The summed E-state index contributed by atoms with van der Waals surface area (Å²) in [5.41, 5.74) is 0.639. The van der Waals surface area contributed by atoms with Crippen LogP contribution in [0.15, 0.2) is 24.3 Å². The number of hydrogen-bond acceptors (Lipinski definition) is 5. The summed E-state index contributed by atoms with van der Waals surface area (Å²) in [6.45, 7) is 7.19. The van der Waals surface area contributed by atoms with Gasteiger partial charge < -0.3 is 14.8 Å². The van der Waals surface area contributed by atoms with Crippen LogP contribution in [0.2, 0.25) is 0 Å². The molecule has 1 fully saturated rings. The largest absolute Gasteiger partial charge is 0.379 e. The van der Waals surface area contributed by atoms with Crippen LogP contribution in [-0.2, 0) is 9.47 Å². The van der Waals surface area contributed by atoms with Crippen LogP contribution in [0.5, 0.6) is 0 Å². The van der Waals surface area contributed by atoms with Crippen molar-refractivity contribution < 1.29 is 14.4 Å². The average molecular weight is 294 g/mol. The van der Waals surface area contributed by atoms with Crippen LogP contribution in [0.4, 0.5) is 11.4 Å². The summed E-state index contributed by atoms with van der Waals surface area (Å²) in [4.78, 5) is 10.6.